The SMILES string of the molecule is O=C(Cc1cnc(-n2cccn2)[nH]c1=O)c1ccccc1C(F)(F)F. The van der Waals surface area contributed by atoms with E-state index < -0.39 is 35.1 Å². The lowest BCUT2D eigenvalue weighted by Crippen LogP contribution is -2.21. The van der Waals surface area contributed by atoms with Crippen molar-refractivity contribution in [2.75, 3.05) is 0 Å². The Labute approximate surface area is 139 Å². The van der Waals surface area contributed by atoms with Gasteiger partial charge in [0.05, 0.1) is 5.56 Å². The molecule has 0 aliphatic heterocycles. The van der Waals surface area contributed by atoms with E-state index in [0.29, 0.717) is 0 Å². The van der Waals surface area contributed by atoms with Crippen LogP contribution in [0.3, 0.4) is 0 Å². The Balaban J connectivity index is 1.89. The summed E-state index contributed by atoms with van der Waals surface area (Å²) in [5.41, 5.74) is -2.15. The Bertz CT molecular complexity index is 962. The first-order valence-electron chi connectivity index (χ1n) is 7.14. The zero-order valence-electron chi connectivity index (χ0n) is 12.6. The molecule has 1 aromatic carbocycles. The number of halogens is 3. The number of Topliss-reactive ketones (excluding diaryl/α,β-unsaturated/α-hetero) is 1. The average molecular weight is 348 g/mol. The van der Waals surface area contributed by atoms with Gasteiger partial charge in [-0.25, -0.2) is 9.67 Å². The minimum atomic E-state index is -4.65. The fourth-order valence-corrected chi connectivity index (χ4v) is 2.29. The molecule has 128 valence electrons. The van der Waals surface area contributed by atoms with Crippen molar-refractivity contribution in [3.8, 4) is 5.95 Å². The number of nitrogens with one attached hydrogen (secondary N) is 1. The number of aromatic amines is 1. The van der Waals surface area contributed by atoms with Crippen LogP contribution in [-0.4, -0.2) is 25.5 Å². The number of hydrogen-bond acceptors (Lipinski definition) is 4. The normalized spacial score (nSPS) is 11.5. The molecule has 3 aromatic rings. The Kier molecular flexibility index (Phi) is 4.22. The van der Waals surface area contributed by atoms with E-state index in [9.17, 15) is 22.8 Å². The lowest BCUT2D eigenvalue weighted by Gasteiger charge is -2.11. The number of ketones is 1. The molecular weight excluding hydrogens is 337 g/mol. The lowest BCUT2D eigenvalue weighted by molar-refractivity contribution is -0.137. The molecule has 3 rings (SSSR count). The Morgan fingerprint density at radius 1 is 1.20 bits per heavy atom. The van der Waals surface area contributed by atoms with Gasteiger partial charge >= 0.3 is 6.18 Å². The fraction of sp³-hybridized carbons (Fsp3) is 0.125. The second-order valence-electron chi connectivity index (χ2n) is 5.16. The van der Waals surface area contributed by atoms with Gasteiger partial charge in [-0.3, -0.25) is 14.6 Å². The molecule has 0 saturated carbocycles. The van der Waals surface area contributed by atoms with Gasteiger partial charge in [0.2, 0.25) is 5.95 Å². The molecule has 0 radical (unpaired) electrons. The molecule has 25 heavy (non-hydrogen) atoms. The molecule has 2 heterocycles. The first-order chi connectivity index (χ1) is 11.9. The Morgan fingerprint density at radius 3 is 2.60 bits per heavy atom. The van der Waals surface area contributed by atoms with Crippen LogP contribution in [0.15, 0.2) is 53.7 Å². The van der Waals surface area contributed by atoms with E-state index in [4.69, 9.17) is 0 Å². The van der Waals surface area contributed by atoms with Crippen LogP contribution >= 0.6 is 0 Å². The van der Waals surface area contributed by atoms with Gasteiger partial charge in [0.15, 0.2) is 5.78 Å². The van der Waals surface area contributed by atoms with E-state index in [1.54, 1.807) is 12.3 Å². The van der Waals surface area contributed by atoms with Gasteiger partial charge in [0.25, 0.3) is 5.56 Å². The van der Waals surface area contributed by atoms with Crippen molar-refractivity contribution < 1.29 is 18.0 Å². The molecule has 0 atom stereocenters. The molecule has 1 N–H and O–H groups in total. The van der Waals surface area contributed by atoms with Gasteiger partial charge in [-0.1, -0.05) is 18.2 Å². The summed E-state index contributed by atoms with van der Waals surface area (Å²) in [4.78, 5) is 30.7. The molecule has 0 amide bonds. The monoisotopic (exact) mass is 348 g/mol. The van der Waals surface area contributed by atoms with Crippen molar-refractivity contribution in [1.29, 1.82) is 0 Å². The van der Waals surface area contributed by atoms with Gasteiger partial charge in [-0.2, -0.15) is 18.3 Å². The predicted octanol–water partition coefficient (Wildman–Crippen LogP) is 2.40. The maximum Gasteiger partial charge on any atom is 0.417 e. The third-order valence-corrected chi connectivity index (χ3v) is 3.46. The summed E-state index contributed by atoms with van der Waals surface area (Å²) in [5.74, 6) is -0.672. The fourth-order valence-electron chi connectivity index (χ4n) is 2.29. The molecule has 0 unspecified atom stereocenters. The minimum absolute atomic E-state index is 0.0297. The molecule has 6 nitrogen and oxygen atoms in total. The first-order valence-corrected chi connectivity index (χ1v) is 7.14. The summed E-state index contributed by atoms with van der Waals surface area (Å²) in [6.45, 7) is 0. The number of aromatic nitrogens is 4. The van der Waals surface area contributed by atoms with E-state index in [0.717, 1.165) is 18.3 Å². The molecule has 0 spiro atoms. The van der Waals surface area contributed by atoms with Crippen LogP contribution in [0, 0.1) is 0 Å². The third-order valence-electron chi connectivity index (χ3n) is 3.46. The van der Waals surface area contributed by atoms with Crippen molar-refractivity contribution in [2.45, 2.75) is 12.6 Å². The van der Waals surface area contributed by atoms with Crippen LogP contribution < -0.4 is 5.56 Å². The molecule has 0 aliphatic rings. The van der Waals surface area contributed by atoms with E-state index >= 15 is 0 Å². The maximum atomic E-state index is 13.0. The van der Waals surface area contributed by atoms with Gasteiger partial charge in [-0.05, 0) is 12.1 Å². The van der Waals surface area contributed by atoms with Crippen LogP contribution in [0.1, 0.15) is 21.5 Å². The second kappa shape index (κ2) is 6.34. The van der Waals surface area contributed by atoms with Crippen LogP contribution in [0.2, 0.25) is 0 Å². The smallest absolute Gasteiger partial charge is 0.294 e. The number of carbonyl (C=O) groups excluding carboxylic acids is 1. The molecule has 2 aromatic heterocycles. The van der Waals surface area contributed by atoms with Crippen LogP contribution in [-0.2, 0) is 12.6 Å². The Morgan fingerprint density at radius 2 is 1.96 bits per heavy atom. The number of benzene rings is 1. The maximum absolute atomic E-state index is 13.0. The number of alkyl halides is 3. The van der Waals surface area contributed by atoms with Crippen molar-refractivity contribution in [3.05, 3.63) is 76.0 Å². The Hall–Kier alpha value is -3.23. The van der Waals surface area contributed by atoms with Crippen molar-refractivity contribution in [3.63, 3.8) is 0 Å². The molecule has 9 heteroatoms. The highest BCUT2D eigenvalue weighted by Gasteiger charge is 2.34. The highest BCUT2D eigenvalue weighted by molar-refractivity contribution is 5.98. The minimum Gasteiger partial charge on any atom is -0.294 e. The van der Waals surface area contributed by atoms with Gasteiger partial charge in [0.1, 0.15) is 0 Å². The highest BCUT2D eigenvalue weighted by Crippen LogP contribution is 2.32. The first kappa shape index (κ1) is 16.6. The summed E-state index contributed by atoms with van der Waals surface area (Å²) < 4.78 is 40.3. The van der Waals surface area contributed by atoms with Gasteiger partial charge < -0.3 is 0 Å². The number of nitrogens with zero attached hydrogens (tertiary/aromatic N) is 3. The molecule has 0 aliphatic carbocycles. The van der Waals surface area contributed by atoms with Crippen molar-refractivity contribution in [2.24, 2.45) is 0 Å². The van der Waals surface area contributed by atoms with E-state index in [2.05, 4.69) is 15.1 Å². The zero-order chi connectivity index (χ0) is 18.0. The summed E-state index contributed by atoms with van der Waals surface area (Å²) >= 11 is 0. The number of hydrogen-bond donors (Lipinski definition) is 1. The highest BCUT2D eigenvalue weighted by atomic mass is 19.4. The zero-order valence-corrected chi connectivity index (χ0v) is 12.6. The summed E-state index contributed by atoms with van der Waals surface area (Å²) in [5, 5.41) is 3.90. The standard InChI is InChI=1S/C16H11F3N4O2/c17-16(18,19)12-5-2-1-4-11(12)13(24)8-10-9-20-15(22-14(10)25)23-7-3-6-21-23/h1-7,9H,8H2,(H,20,22,25). The predicted molar refractivity (Wildman–Crippen MR) is 81.5 cm³/mol. The molecule has 0 bridgehead atoms. The van der Waals surface area contributed by atoms with Crippen molar-refractivity contribution >= 4 is 5.78 Å². The lowest BCUT2D eigenvalue weighted by atomic mass is 9.99. The quantitative estimate of drug-likeness (QED) is 0.734. The number of carbonyl (C=O) groups is 1. The summed E-state index contributed by atoms with van der Waals surface area (Å²) in [6, 6.07) is 6.09. The number of rotatable bonds is 4. The number of H-pyrrole nitrogens is 1. The molecular formula is C16H11F3N4O2. The average Bonchev–Trinajstić information content (AvgIpc) is 3.10. The molecule has 0 fully saturated rings. The third kappa shape index (κ3) is 3.49. The second-order valence-corrected chi connectivity index (χ2v) is 5.16. The van der Waals surface area contributed by atoms with E-state index in [1.165, 1.54) is 23.0 Å². The molecule has 0 saturated heterocycles. The van der Waals surface area contributed by atoms with Gasteiger partial charge in [0, 0.05) is 36.1 Å². The topological polar surface area (TPSA) is 80.6 Å². The summed E-state index contributed by atoms with van der Waals surface area (Å²) in [7, 11) is 0. The van der Waals surface area contributed by atoms with Crippen LogP contribution in [0.25, 0.3) is 5.95 Å². The van der Waals surface area contributed by atoms with Crippen LogP contribution in [0.5, 0.6) is 0 Å². The van der Waals surface area contributed by atoms with Gasteiger partial charge in [-0.15, -0.1) is 0 Å². The largest absolute Gasteiger partial charge is 0.417 e. The van der Waals surface area contributed by atoms with E-state index in [1.807, 2.05) is 0 Å². The van der Waals surface area contributed by atoms with E-state index in [-0.39, 0.29) is 11.5 Å². The van der Waals surface area contributed by atoms with Crippen molar-refractivity contribution in [1.82, 2.24) is 19.7 Å². The summed E-state index contributed by atoms with van der Waals surface area (Å²) in [6.07, 6.45) is -0.937. The van der Waals surface area contributed by atoms with Crippen LogP contribution in [0.4, 0.5) is 13.2 Å².